The molecule has 0 spiro atoms. The van der Waals surface area contributed by atoms with E-state index in [1.165, 1.54) is 23.4 Å². The van der Waals surface area contributed by atoms with Crippen LogP contribution in [0.3, 0.4) is 0 Å². The van der Waals surface area contributed by atoms with Crippen LogP contribution in [0.4, 0.5) is 4.39 Å². The van der Waals surface area contributed by atoms with Gasteiger partial charge in [-0.2, -0.15) is 0 Å². The van der Waals surface area contributed by atoms with Crippen molar-refractivity contribution < 1.29 is 9.18 Å². The lowest BCUT2D eigenvalue weighted by molar-refractivity contribution is -0.119. The number of aromatic nitrogens is 3. The standard InChI is InChI=1S/C22H25FN4OS/c1-14(2)12-16-8-10-17(11-9-16)15(3)24-20(28)13-29-22-25-21(26-27-22)18-6-4-5-7-19(18)23/h4-11,14-15H,12-13H2,1-3H3,(H,24,28)(H,25,26,27)/t15-/m1/s1. The molecule has 0 fully saturated rings. The number of carbonyl (C=O) groups excluding carboxylic acids is 1. The predicted octanol–water partition coefficient (Wildman–Crippen LogP) is 4.78. The third-order valence-corrected chi connectivity index (χ3v) is 5.27. The van der Waals surface area contributed by atoms with Gasteiger partial charge in [0.2, 0.25) is 11.1 Å². The van der Waals surface area contributed by atoms with Crippen molar-refractivity contribution in [1.82, 2.24) is 20.5 Å². The molecule has 7 heteroatoms. The Bertz CT molecular complexity index is 955. The summed E-state index contributed by atoms with van der Waals surface area (Å²) in [5.41, 5.74) is 2.72. The summed E-state index contributed by atoms with van der Waals surface area (Å²) in [6.45, 7) is 6.35. The second-order valence-corrected chi connectivity index (χ2v) is 8.31. The molecule has 0 unspecified atom stereocenters. The molecule has 3 rings (SSSR count). The van der Waals surface area contributed by atoms with E-state index in [2.05, 4.69) is 58.6 Å². The highest BCUT2D eigenvalue weighted by molar-refractivity contribution is 7.99. The van der Waals surface area contributed by atoms with E-state index >= 15 is 0 Å². The first-order valence-electron chi connectivity index (χ1n) is 9.60. The highest BCUT2D eigenvalue weighted by Crippen LogP contribution is 2.22. The molecular formula is C22H25FN4OS. The lowest BCUT2D eigenvalue weighted by Gasteiger charge is -2.15. The van der Waals surface area contributed by atoms with Gasteiger partial charge in [-0.05, 0) is 42.5 Å². The van der Waals surface area contributed by atoms with Gasteiger partial charge in [0, 0.05) is 0 Å². The second kappa shape index (κ2) is 9.69. The molecule has 1 atom stereocenters. The minimum atomic E-state index is -0.369. The van der Waals surface area contributed by atoms with Crippen LogP contribution in [0.25, 0.3) is 11.4 Å². The molecule has 1 aromatic heterocycles. The first-order chi connectivity index (χ1) is 13.9. The van der Waals surface area contributed by atoms with E-state index in [1.807, 2.05) is 6.92 Å². The molecular weight excluding hydrogens is 387 g/mol. The van der Waals surface area contributed by atoms with Crippen LogP contribution in [0.15, 0.2) is 53.7 Å². The fraction of sp³-hybridized carbons (Fsp3) is 0.318. The zero-order valence-electron chi connectivity index (χ0n) is 16.8. The molecule has 0 aliphatic carbocycles. The van der Waals surface area contributed by atoms with Gasteiger partial charge >= 0.3 is 0 Å². The van der Waals surface area contributed by atoms with E-state index in [0.717, 1.165) is 12.0 Å². The Morgan fingerprint density at radius 1 is 1.14 bits per heavy atom. The van der Waals surface area contributed by atoms with Crippen LogP contribution < -0.4 is 5.32 Å². The van der Waals surface area contributed by atoms with Crippen LogP contribution in [0, 0.1) is 11.7 Å². The highest BCUT2D eigenvalue weighted by atomic mass is 32.2. The summed E-state index contributed by atoms with van der Waals surface area (Å²) in [5, 5.41) is 10.2. The minimum Gasteiger partial charge on any atom is -0.349 e. The third-order valence-electron chi connectivity index (χ3n) is 4.43. The molecule has 0 saturated carbocycles. The van der Waals surface area contributed by atoms with Crippen LogP contribution >= 0.6 is 11.8 Å². The zero-order chi connectivity index (χ0) is 20.8. The van der Waals surface area contributed by atoms with Crippen LogP contribution in [0.2, 0.25) is 0 Å². The SMILES string of the molecule is CC(C)Cc1ccc([C@@H](C)NC(=O)CSc2n[nH]c(-c3ccccc3F)n2)cc1. The number of nitrogens with one attached hydrogen (secondary N) is 2. The van der Waals surface area contributed by atoms with Gasteiger partial charge in [0.15, 0.2) is 5.82 Å². The van der Waals surface area contributed by atoms with Crippen LogP contribution in [0.5, 0.6) is 0 Å². The molecule has 0 bridgehead atoms. The van der Waals surface area contributed by atoms with E-state index in [4.69, 9.17) is 0 Å². The molecule has 29 heavy (non-hydrogen) atoms. The number of rotatable bonds is 8. The Labute approximate surface area is 174 Å². The Morgan fingerprint density at radius 3 is 2.55 bits per heavy atom. The van der Waals surface area contributed by atoms with Crippen molar-refractivity contribution in [3.63, 3.8) is 0 Å². The Balaban J connectivity index is 1.51. The van der Waals surface area contributed by atoms with Gasteiger partial charge in [-0.25, -0.2) is 9.37 Å². The number of halogens is 1. The van der Waals surface area contributed by atoms with Gasteiger partial charge in [-0.3, -0.25) is 9.89 Å². The Morgan fingerprint density at radius 2 is 1.86 bits per heavy atom. The van der Waals surface area contributed by atoms with E-state index in [9.17, 15) is 9.18 Å². The summed E-state index contributed by atoms with van der Waals surface area (Å²) in [6, 6.07) is 14.6. The number of H-pyrrole nitrogens is 1. The number of aromatic amines is 1. The number of thioether (sulfide) groups is 1. The first kappa shape index (κ1) is 21.0. The smallest absolute Gasteiger partial charge is 0.230 e. The van der Waals surface area contributed by atoms with Crippen molar-refractivity contribution in [3.8, 4) is 11.4 Å². The van der Waals surface area contributed by atoms with Crippen LogP contribution in [-0.2, 0) is 11.2 Å². The summed E-state index contributed by atoms with van der Waals surface area (Å²) in [7, 11) is 0. The molecule has 1 amide bonds. The van der Waals surface area contributed by atoms with Gasteiger partial charge in [0.25, 0.3) is 0 Å². The molecule has 2 N–H and O–H groups in total. The second-order valence-electron chi connectivity index (χ2n) is 7.36. The van der Waals surface area contributed by atoms with Crippen molar-refractivity contribution in [2.24, 2.45) is 5.92 Å². The molecule has 0 aliphatic heterocycles. The van der Waals surface area contributed by atoms with Crippen molar-refractivity contribution in [3.05, 3.63) is 65.5 Å². The minimum absolute atomic E-state index is 0.0858. The first-order valence-corrected chi connectivity index (χ1v) is 10.6. The van der Waals surface area contributed by atoms with Gasteiger partial charge in [-0.15, -0.1) is 5.10 Å². The predicted molar refractivity (Wildman–Crippen MR) is 114 cm³/mol. The number of carbonyl (C=O) groups is 1. The van der Waals surface area contributed by atoms with Gasteiger partial charge in [0.1, 0.15) is 5.82 Å². The molecule has 152 valence electrons. The van der Waals surface area contributed by atoms with E-state index in [-0.39, 0.29) is 23.5 Å². The van der Waals surface area contributed by atoms with Crippen molar-refractivity contribution >= 4 is 17.7 Å². The summed E-state index contributed by atoms with van der Waals surface area (Å²) < 4.78 is 13.8. The molecule has 0 radical (unpaired) electrons. The topological polar surface area (TPSA) is 70.7 Å². The number of amides is 1. The zero-order valence-corrected chi connectivity index (χ0v) is 17.6. The van der Waals surface area contributed by atoms with Gasteiger partial charge in [0.05, 0.1) is 17.4 Å². The van der Waals surface area contributed by atoms with Crippen molar-refractivity contribution in [1.29, 1.82) is 0 Å². The molecule has 1 heterocycles. The fourth-order valence-electron chi connectivity index (χ4n) is 3.00. The lowest BCUT2D eigenvalue weighted by Crippen LogP contribution is -2.28. The number of hydrogen-bond donors (Lipinski definition) is 2. The Hall–Kier alpha value is -2.67. The van der Waals surface area contributed by atoms with Crippen LogP contribution in [-0.4, -0.2) is 26.8 Å². The number of hydrogen-bond acceptors (Lipinski definition) is 4. The average molecular weight is 413 g/mol. The fourth-order valence-corrected chi connectivity index (χ4v) is 3.60. The van der Waals surface area contributed by atoms with Crippen LogP contribution in [0.1, 0.15) is 37.9 Å². The maximum atomic E-state index is 13.8. The monoisotopic (exact) mass is 412 g/mol. The maximum Gasteiger partial charge on any atom is 0.230 e. The molecule has 0 aliphatic rings. The molecule has 5 nitrogen and oxygen atoms in total. The van der Waals surface area contributed by atoms with Gasteiger partial charge in [-0.1, -0.05) is 62.0 Å². The highest BCUT2D eigenvalue weighted by Gasteiger charge is 2.13. The summed E-state index contributed by atoms with van der Waals surface area (Å²) in [6.07, 6.45) is 1.04. The lowest BCUT2D eigenvalue weighted by atomic mass is 10.00. The molecule has 2 aromatic carbocycles. The van der Waals surface area contributed by atoms with Crippen molar-refractivity contribution in [2.75, 3.05) is 5.75 Å². The Kier molecular flexibility index (Phi) is 7.04. The largest absolute Gasteiger partial charge is 0.349 e. The van der Waals surface area contributed by atoms with E-state index in [0.29, 0.717) is 22.5 Å². The normalized spacial score (nSPS) is 12.2. The van der Waals surface area contributed by atoms with E-state index < -0.39 is 0 Å². The quantitative estimate of drug-likeness (QED) is 0.523. The average Bonchev–Trinajstić information content (AvgIpc) is 3.15. The number of nitrogens with zero attached hydrogens (tertiary/aromatic N) is 2. The maximum absolute atomic E-state index is 13.8. The molecule has 3 aromatic rings. The summed E-state index contributed by atoms with van der Waals surface area (Å²) >= 11 is 1.21. The summed E-state index contributed by atoms with van der Waals surface area (Å²) in [4.78, 5) is 16.5. The van der Waals surface area contributed by atoms with E-state index in [1.54, 1.807) is 18.2 Å². The summed E-state index contributed by atoms with van der Waals surface area (Å²) in [5.74, 6) is 0.673. The molecule has 0 saturated heterocycles. The number of benzene rings is 2. The van der Waals surface area contributed by atoms with Gasteiger partial charge < -0.3 is 5.32 Å². The van der Waals surface area contributed by atoms with Crippen molar-refractivity contribution in [2.45, 2.75) is 38.4 Å². The third kappa shape index (κ3) is 5.90.